The molecule has 1 aromatic rings. The van der Waals surface area contributed by atoms with Gasteiger partial charge in [0.1, 0.15) is 0 Å². The normalized spacial score (nSPS) is 14.8. The molecule has 7 heteroatoms. The number of rotatable bonds is 7. The zero-order valence-corrected chi connectivity index (χ0v) is 13.9. The van der Waals surface area contributed by atoms with Crippen molar-refractivity contribution in [1.82, 2.24) is 10.6 Å². The highest BCUT2D eigenvalue weighted by Crippen LogP contribution is 2.18. The van der Waals surface area contributed by atoms with Crippen molar-refractivity contribution in [3.05, 3.63) is 39.9 Å². The monoisotopic (exact) mass is 341 g/mol. The lowest BCUT2D eigenvalue weighted by atomic mass is 9.93. The molecule has 1 aromatic carbocycles. The molecule has 2 N–H and O–H groups in total. The highest BCUT2D eigenvalue weighted by atomic mass is 35.5. The molecule has 1 saturated heterocycles. The summed E-state index contributed by atoms with van der Waals surface area (Å²) in [6, 6.07) is 6.66. The molecular weight excluding hydrogens is 318 g/mol. The van der Waals surface area contributed by atoms with E-state index in [2.05, 4.69) is 10.6 Å². The molecular formula is C16H24ClN3O3. The minimum absolute atomic E-state index is 0. The number of hydrogen-bond donors (Lipinski definition) is 2. The van der Waals surface area contributed by atoms with Gasteiger partial charge in [-0.25, -0.2) is 0 Å². The number of carbonyl (C=O) groups excluding carboxylic acids is 1. The molecule has 1 heterocycles. The summed E-state index contributed by atoms with van der Waals surface area (Å²) in [5, 5.41) is 17.1. The zero-order chi connectivity index (χ0) is 15.8. The minimum atomic E-state index is -0.381. The van der Waals surface area contributed by atoms with Crippen molar-refractivity contribution in [3.8, 4) is 0 Å². The number of amides is 1. The number of piperidine rings is 1. The minimum Gasteiger partial charge on any atom is -0.356 e. The third-order valence-corrected chi connectivity index (χ3v) is 4.14. The molecule has 0 aromatic heterocycles. The highest BCUT2D eigenvalue weighted by Gasteiger charge is 2.15. The number of para-hydroxylation sites is 1. The van der Waals surface area contributed by atoms with Crippen molar-refractivity contribution in [2.45, 2.75) is 32.1 Å². The van der Waals surface area contributed by atoms with Crippen LogP contribution in [0.25, 0.3) is 0 Å². The van der Waals surface area contributed by atoms with Gasteiger partial charge in [0.15, 0.2) is 0 Å². The molecule has 0 atom stereocenters. The Morgan fingerprint density at radius 1 is 1.30 bits per heavy atom. The maximum atomic E-state index is 11.8. The van der Waals surface area contributed by atoms with Gasteiger partial charge in [-0.1, -0.05) is 18.2 Å². The Morgan fingerprint density at radius 3 is 2.70 bits per heavy atom. The van der Waals surface area contributed by atoms with Crippen LogP contribution in [0.1, 0.15) is 31.2 Å². The summed E-state index contributed by atoms with van der Waals surface area (Å²) in [4.78, 5) is 22.4. The lowest BCUT2D eigenvalue weighted by Crippen LogP contribution is -2.30. The number of halogens is 1. The molecule has 2 rings (SSSR count). The average Bonchev–Trinajstić information content (AvgIpc) is 2.54. The van der Waals surface area contributed by atoms with E-state index in [4.69, 9.17) is 0 Å². The van der Waals surface area contributed by atoms with Crippen LogP contribution in [0.4, 0.5) is 5.69 Å². The SMILES string of the molecule is Cl.O=C(CCC1CCNCC1)NCCc1ccccc1[N+](=O)[O-]. The first kappa shape index (κ1) is 19.4. The summed E-state index contributed by atoms with van der Waals surface area (Å²) < 4.78 is 0. The molecule has 23 heavy (non-hydrogen) atoms. The number of nitro benzene ring substituents is 1. The Hall–Kier alpha value is -1.66. The Balaban J connectivity index is 0.00000264. The van der Waals surface area contributed by atoms with E-state index in [1.807, 2.05) is 0 Å². The maximum absolute atomic E-state index is 11.8. The first-order chi connectivity index (χ1) is 10.7. The third kappa shape index (κ3) is 6.54. The quantitative estimate of drug-likeness (QED) is 0.589. The van der Waals surface area contributed by atoms with Gasteiger partial charge in [0.25, 0.3) is 5.69 Å². The van der Waals surface area contributed by atoms with Gasteiger partial charge in [0, 0.05) is 24.6 Å². The fraction of sp³-hybridized carbons (Fsp3) is 0.562. The number of hydrogen-bond acceptors (Lipinski definition) is 4. The predicted molar refractivity (Wildman–Crippen MR) is 91.9 cm³/mol. The molecule has 0 bridgehead atoms. The highest BCUT2D eigenvalue weighted by molar-refractivity contribution is 5.85. The van der Waals surface area contributed by atoms with Crippen LogP contribution in [0.15, 0.2) is 24.3 Å². The smallest absolute Gasteiger partial charge is 0.272 e. The molecule has 0 radical (unpaired) electrons. The van der Waals surface area contributed by atoms with Gasteiger partial charge in [-0.15, -0.1) is 12.4 Å². The van der Waals surface area contributed by atoms with Gasteiger partial charge in [-0.3, -0.25) is 14.9 Å². The zero-order valence-electron chi connectivity index (χ0n) is 13.1. The molecule has 0 unspecified atom stereocenters. The first-order valence-corrected chi connectivity index (χ1v) is 7.86. The number of nitrogens with zero attached hydrogens (tertiary/aromatic N) is 1. The summed E-state index contributed by atoms with van der Waals surface area (Å²) in [6.07, 6.45) is 4.24. The topological polar surface area (TPSA) is 84.3 Å². The lowest BCUT2D eigenvalue weighted by molar-refractivity contribution is -0.385. The fourth-order valence-corrected chi connectivity index (χ4v) is 2.83. The maximum Gasteiger partial charge on any atom is 0.272 e. The second-order valence-corrected chi connectivity index (χ2v) is 5.72. The van der Waals surface area contributed by atoms with Gasteiger partial charge in [0.05, 0.1) is 4.92 Å². The average molecular weight is 342 g/mol. The summed E-state index contributed by atoms with van der Waals surface area (Å²) in [5.41, 5.74) is 0.776. The van der Waals surface area contributed by atoms with Crippen LogP contribution in [0.5, 0.6) is 0 Å². The van der Waals surface area contributed by atoms with Crippen LogP contribution in [0.3, 0.4) is 0 Å². The molecule has 6 nitrogen and oxygen atoms in total. The number of nitro groups is 1. The summed E-state index contributed by atoms with van der Waals surface area (Å²) in [6.45, 7) is 2.53. The summed E-state index contributed by atoms with van der Waals surface area (Å²) in [7, 11) is 0. The van der Waals surface area contributed by atoms with Crippen LogP contribution in [-0.4, -0.2) is 30.5 Å². The Morgan fingerprint density at radius 2 is 2.00 bits per heavy atom. The first-order valence-electron chi connectivity index (χ1n) is 7.86. The lowest BCUT2D eigenvalue weighted by Gasteiger charge is -2.22. The van der Waals surface area contributed by atoms with E-state index < -0.39 is 0 Å². The standard InChI is InChI=1S/C16H23N3O3.ClH/c20-16(6-5-13-7-10-17-11-8-13)18-12-9-14-3-1-2-4-15(14)19(21)22;/h1-4,13,17H,5-12H2,(H,18,20);1H. The largest absolute Gasteiger partial charge is 0.356 e. The van der Waals surface area contributed by atoms with Crippen molar-refractivity contribution in [2.75, 3.05) is 19.6 Å². The third-order valence-electron chi connectivity index (χ3n) is 4.14. The van der Waals surface area contributed by atoms with E-state index in [1.54, 1.807) is 18.2 Å². The van der Waals surface area contributed by atoms with Crippen molar-refractivity contribution >= 4 is 24.0 Å². The van der Waals surface area contributed by atoms with Gasteiger partial charge >= 0.3 is 0 Å². The van der Waals surface area contributed by atoms with Gasteiger partial charge < -0.3 is 10.6 Å². The van der Waals surface area contributed by atoms with Crippen LogP contribution in [0.2, 0.25) is 0 Å². The predicted octanol–water partition coefficient (Wildman–Crippen LogP) is 2.46. The van der Waals surface area contributed by atoms with E-state index in [0.717, 1.165) is 32.4 Å². The molecule has 128 valence electrons. The van der Waals surface area contributed by atoms with E-state index in [1.165, 1.54) is 6.07 Å². The molecule has 0 aliphatic carbocycles. The van der Waals surface area contributed by atoms with Crippen LogP contribution >= 0.6 is 12.4 Å². The molecule has 0 saturated carbocycles. The van der Waals surface area contributed by atoms with Crippen molar-refractivity contribution < 1.29 is 9.72 Å². The van der Waals surface area contributed by atoms with Gasteiger partial charge in [0.2, 0.25) is 5.91 Å². The fourth-order valence-electron chi connectivity index (χ4n) is 2.83. The van der Waals surface area contributed by atoms with Gasteiger partial charge in [-0.2, -0.15) is 0 Å². The van der Waals surface area contributed by atoms with Crippen molar-refractivity contribution in [2.24, 2.45) is 5.92 Å². The number of nitrogens with one attached hydrogen (secondary N) is 2. The van der Waals surface area contributed by atoms with E-state index in [0.29, 0.717) is 30.9 Å². The van der Waals surface area contributed by atoms with Crippen LogP contribution in [-0.2, 0) is 11.2 Å². The molecule has 1 aliphatic heterocycles. The Kier molecular flexibility index (Phi) is 8.58. The number of carbonyl (C=O) groups is 1. The Labute approximate surface area is 142 Å². The summed E-state index contributed by atoms with van der Waals surface area (Å²) in [5.74, 6) is 0.680. The second kappa shape index (κ2) is 10.2. The van der Waals surface area contributed by atoms with Crippen LogP contribution in [0, 0.1) is 16.0 Å². The van der Waals surface area contributed by atoms with Crippen molar-refractivity contribution in [3.63, 3.8) is 0 Å². The van der Waals surface area contributed by atoms with Crippen LogP contribution < -0.4 is 10.6 Å². The van der Waals surface area contributed by atoms with Crippen molar-refractivity contribution in [1.29, 1.82) is 0 Å². The molecule has 0 spiro atoms. The van der Waals surface area contributed by atoms with E-state index >= 15 is 0 Å². The molecule has 1 fully saturated rings. The van der Waals surface area contributed by atoms with E-state index in [-0.39, 0.29) is 28.9 Å². The molecule has 1 aliphatic rings. The van der Waals surface area contributed by atoms with E-state index in [9.17, 15) is 14.9 Å². The summed E-state index contributed by atoms with van der Waals surface area (Å²) >= 11 is 0. The number of benzene rings is 1. The second-order valence-electron chi connectivity index (χ2n) is 5.72. The molecule has 1 amide bonds. The van der Waals surface area contributed by atoms with Gasteiger partial charge in [-0.05, 0) is 44.7 Å². The Bertz CT molecular complexity index is 519.